The fraction of sp³-hybridized carbons (Fsp3) is 0.311. The molecule has 3 amide bonds. The average Bonchev–Trinajstić information content (AvgIpc) is 3.56. The highest BCUT2D eigenvalue weighted by atomic mass is 16.3. The third-order valence-corrected chi connectivity index (χ3v) is 10.9. The zero-order valence-electron chi connectivity index (χ0n) is 32.8. The van der Waals surface area contributed by atoms with Crippen molar-refractivity contribution in [3.05, 3.63) is 138 Å². The van der Waals surface area contributed by atoms with Crippen molar-refractivity contribution in [1.82, 2.24) is 29.4 Å². The van der Waals surface area contributed by atoms with E-state index < -0.39 is 12.2 Å². The molecule has 0 unspecified atom stereocenters. The largest absolute Gasteiger partial charge is 0.508 e. The van der Waals surface area contributed by atoms with Crippen molar-refractivity contribution in [1.29, 1.82) is 0 Å². The van der Waals surface area contributed by atoms with Gasteiger partial charge in [0, 0.05) is 76.8 Å². The number of Topliss-reactive ketones (excluding diaryl/α,β-unsaturated/α-hetero) is 1. The van der Waals surface area contributed by atoms with E-state index in [-0.39, 0.29) is 68.3 Å². The van der Waals surface area contributed by atoms with Gasteiger partial charge in [-0.25, -0.2) is 15.0 Å². The lowest BCUT2D eigenvalue weighted by atomic mass is 9.97. The minimum atomic E-state index is -0.901. The van der Waals surface area contributed by atoms with Gasteiger partial charge < -0.3 is 24.4 Å². The molecule has 0 saturated carbocycles. The van der Waals surface area contributed by atoms with E-state index in [2.05, 4.69) is 11.6 Å². The number of benzene rings is 3. The van der Waals surface area contributed by atoms with E-state index in [9.17, 15) is 24.3 Å². The molecule has 0 spiro atoms. The van der Waals surface area contributed by atoms with Crippen molar-refractivity contribution in [2.45, 2.75) is 50.9 Å². The van der Waals surface area contributed by atoms with Crippen LogP contribution in [0.2, 0.25) is 0 Å². The summed E-state index contributed by atoms with van der Waals surface area (Å²) in [6.07, 6.45) is 6.36. The topological polar surface area (TPSA) is 123 Å². The molecule has 2 atom stereocenters. The molecule has 294 valence electrons. The molecule has 0 aliphatic carbocycles. The quantitative estimate of drug-likeness (QED) is 0.122. The van der Waals surface area contributed by atoms with Gasteiger partial charge in [-0.15, -0.1) is 6.58 Å². The van der Waals surface area contributed by atoms with Crippen LogP contribution in [0.1, 0.15) is 45.5 Å². The van der Waals surface area contributed by atoms with Gasteiger partial charge in [0.2, 0.25) is 17.7 Å². The van der Waals surface area contributed by atoms with Crippen LogP contribution in [0, 0.1) is 0 Å². The van der Waals surface area contributed by atoms with Crippen LogP contribution in [0.3, 0.4) is 0 Å². The van der Waals surface area contributed by atoms with Crippen LogP contribution < -0.4 is 4.90 Å². The van der Waals surface area contributed by atoms with Gasteiger partial charge in [-0.3, -0.25) is 19.2 Å². The minimum absolute atomic E-state index is 0.0207. The Morgan fingerprint density at radius 1 is 0.930 bits per heavy atom. The van der Waals surface area contributed by atoms with Crippen LogP contribution in [0.25, 0.3) is 10.9 Å². The first kappa shape index (κ1) is 39.0. The van der Waals surface area contributed by atoms with Gasteiger partial charge in [0.1, 0.15) is 23.8 Å². The summed E-state index contributed by atoms with van der Waals surface area (Å²) in [6.45, 7) is 4.40. The maximum absolute atomic E-state index is 14.7. The number of hydrazine groups is 1. The number of rotatable bonds is 14. The standard InChI is InChI=1S/C45H49N7O5/c1-5-24-50-30-43(56)51-38(25-32-14-18-35(53)19-15-32)45(57)49(29-41(51)52(50)42(55)21-17-31-10-7-6-8-11-31)27-34-12-9-13-36-37(28-48(4)44(34)36)39(54)20-16-33-22-23-46-40(26-33)47(2)3/h5-15,18-19,22-23,26,28,38,41,53H,1,16-17,20-21,24-25,27,29-30H2,2-4H3/t38-,41-/m0/s1. The second-order valence-corrected chi connectivity index (χ2v) is 15.1. The lowest BCUT2D eigenvalue weighted by molar-refractivity contribution is -0.205. The minimum Gasteiger partial charge on any atom is -0.508 e. The number of fused-ring (bicyclic) bond motifs is 2. The molecule has 12 heteroatoms. The van der Waals surface area contributed by atoms with Gasteiger partial charge in [-0.2, -0.15) is 0 Å². The molecular weight excluding hydrogens is 719 g/mol. The highest BCUT2D eigenvalue weighted by molar-refractivity contribution is 6.09. The Balaban J connectivity index is 1.20. The maximum Gasteiger partial charge on any atom is 0.246 e. The smallest absolute Gasteiger partial charge is 0.246 e. The fourth-order valence-electron chi connectivity index (χ4n) is 8.13. The van der Waals surface area contributed by atoms with E-state index in [0.29, 0.717) is 24.8 Å². The number of piperazine rings is 1. The first-order valence-electron chi connectivity index (χ1n) is 19.3. The zero-order valence-corrected chi connectivity index (χ0v) is 32.8. The summed E-state index contributed by atoms with van der Waals surface area (Å²) in [5.41, 5.74) is 5.13. The molecule has 3 aromatic carbocycles. The fourth-order valence-corrected chi connectivity index (χ4v) is 8.13. The zero-order chi connectivity index (χ0) is 40.2. The van der Waals surface area contributed by atoms with E-state index in [4.69, 9.17) is 0 Å². The maximum atomic E-state index is 14.7. The summed E-state index contributed by atoms with van der Waals surface area (Å²) in [4.78, 5) is 66.5. The van der Waals surface area contributed by atoms with Gasteiger partial charge >= 0.3 is 0 Å². The Morgan fingerprint density at radius 3 is 2.42 bits per heavy atom. The molecule has 4 heterocycles. The molecule has 0 bridgehead atoms. The molecule has 2 aliphatic rings. The number of aryl methyl sites for hydroxylation is 3. The lowest BCUT2D eigenvalue weighted by Gasteiger charge is -2.55. The van der Waals surface area contributed by atoms with Gasteiger partial charge in [-0.1, -0.05) is 66.7 Å². The van der Waals surface area contributed by atoms with Gasteiger partial charge in [0.05, 0.1) is 18.6 Å². The van der Waals surface area contributed by atoms with Crippen molar-refractivity contribution >= 4 is 40.2 Å². The monoisotopic (exact) mass is 767 g/mol. The number of carbonyl (C=O) groups is 4. The second kappa shape index (κ2) is 16.8. The molecule has 2 aromatic heterocycles. The number of pyridine rings is 1. The van der Waals surface area contributed by atoms with Gasteiger partial charge in [0.25, 0.3) is 0 Å². The summed E-state index contributed by atoms with van der Waals surface area (Å²) < 4.78 is 1.94. The molecule has 57 heavy (non-hydrogen) atoms. The average molecular weight is 768 g/mol. The van der Waals surface area contributed by atoms with E-state index in [1.54, 1.807) is 56.4 Å². The highest BCUT2D eigenvalue weighted by Crippen LogP contribution is 2.32. The number of aromatic hydroxyl groups is 1. The van der Waals surface area contributed by atoms with E-state index in [1.807, 2.05) is 97.5 Å². The molecule has 1 N–H and O–H groups in total. The molecule has 2 fully saturated rings. The van der Waals surface area contributed by atoms with Crippen LogP contribution in [0.5, 0.6) is 5.75 Å². The summed E-state index contributed by atoms with van der Waals surface area (Å²) in [5.74, 6) is 0.315. The SMILES string of the molecule is C=CCN1CC(=O)N2[C@@H](Cc3ccc(O)cc3)C(=O)N(Cc3cccc4c(C(=O)CCc5ccnc(N(C)C)c5)cn(C)c34)C[C@@H]2N1C(=O)CCc1ccccc1. The van der Waals surface area contributed by atoms with Crippen molar-refractivity contribution < 1.29 is 24.3 Å². The molecule has 5 aromatic rings. The van der Waals surface area contributed by atoms with Gasteiger partial charge in [0.15, 0.2) is 5.78 Å². The van der Waals surface area contributed by atoms with Crippen LogP contribution >= 0.6 is 0 Å². The van der Waals surface area contributed by atoms with Crippen molar-refractivity contribution in [3.8, 4) is 5.75 Å². The number of hydrogen-bond acceptors (Lipinski definition) is 8. The van der Waals surface area contributed by atoms with Crippen LogP contribution in [-0.2, 0) is 47.2 Å². The van der Waals surface area contributed by atoms with Crippen LogP contribution in [0.15, 0.2) is 110 Å². The number of aromatic nitrogens is 2. The van der Waals surface area contributed by atoms with Gasteiger partial charge in [-0.05, 0) is 59.4 Å². The number of hydrogen-bond donors (Lipinski definition) is 1. The molecule has 2 aliphatic heterocycles. The number of phenolic OH excluding ortho intramolecular Hbond substituents is 1. The molecule has 2 saturated heterocycles. The number of amides is 3. The van der Waals surface area contributed by atoms with E-state index in [1.165, 1.54) is 0 Å². The Kier molecular flexibility index (Phi) is 11.5. The predicted molar refractivity (Wildman–Crippen MR) is 219 cm³/mol. The highest BCUT2D eigenvalue weighted by Gasteiger charge is 2.51. The number of ketones is 1. The van der Waals surface area contributed by atoms with Crippen molar-refractivity contribution in [2.75, 3.05) is 38.6 Å². The van der Waals surface area contributed by atoms with E-state index in [0.717, 1.165) is 39.0 Å². The Hall–Kier alpha value is -6.27. The van der Waals surface area contributed by atoms with Crippen molar-refractivity contribution in [3.63, 3.8) is 0 Å². The second-order valence-electron chi connectivity index (χ2n) is 15.1. The van der Waals surface area contributed by atoms with Crippen LogP contribution in [-0.4, -0.2) is 104 Å². The number of carbonyl (C=O) groups excluding carboxylic acids is 4. The van der Waals surface area contributed by atoms with E-state index >= 15 is 0 Å². The predicted octanol–water partition coefficient (Wildman–Crippen LogP) is 5.15. The summed E-state index contributed by atoms with van der Waals surface area (Å²) in [6, 6.07) is 25.3. The molecule has 7 rings (SSSR count). The molecular formula is C45H49N7O5. The lowest BCUT2D eigenvalue weighted by Crippen LogP contribution is -2.75. The molecule has 12 nitrogen and oxygen atoms in total. The normalized spacial score (nSPS) is 17.2. The third kappa shape index (κ3) is 8.31. The summed E-state index contributed by atoms with van der Waals surface area (Å²) >= 11 is 0. The summed E-state index contributed by atoms with van der Waals surface area (Å²) in [5, 5.41) is 14.2. The number of para-hydroxylation sites is 1. The third-order valence-electron chi connectivity index (χ3n) is 10.9. The first-order valence-corrected chi connectivity index (χ1v) is 19.3. The number of phenols is 1. The summed E-state index contributed by atoms with van der Waals surface area (Å²) in [7, 11) is 5.77. The Bertz CT molecular complexity index is 2290. The number of anilines is 1. The van der Waals surface area contributed by atoms with Crippen molar-refractivity contribution in [2.24, 2.45) is 7.05 Å². The first-order chi connectivity index (χ1) is 27.5. The molecule has 0 radical (unpaired) electrons. The number of nitrogens with zero attached hydrogens (tertiary/aromatic N) is 7. The Labute approximate surface area is 333 Å². The van der Waals surface area contributed by atoms with Crippen LogP contribution in [0.4, 0.5) is 5.82 Å². The Morgan fingerprint density at radius 2 is 1.68 bits per heavy atom.